The molecule has 0 amide bonds. The molecule has 58 valence electrons. The number of rotatable bonds is 1. The van der Waals surface area contributed by atoms with Gasteiger partial charge >= 0.3 is 0 Å². The Balaban J connectivity index is 2.10. The monoisotopic (exact) mass is 142 g/mol. The summed E-state index contributed by atoms with van der Waals surface area (Å²) in [5, 5.41) is 9.02. The molecular formula is C8H16NO+. The Kier molecular flexibility index (Phi) is 1.46. The van der Waals surface area contributed by atoms with E-state index in [2.05, 4.69) is 5.73 Å². The fourth-order valence-corrected chi connectivity index (χ4v) is 2.81. The number of aliphatic hydroxyl groups is 1. The lowest BCUT2D eigenvalue weighted by Crippen LogP contribution is -2.67. The maximum atomic E-state index is 9.02. The van der Waals surface area contributed by atoms with Gasteiger partial charge in [-0.25, -0.2) is 0 Å². The first-order chi connectivity index (χ1) is 4.83. The van der Waals surface area contributed by atoms with Crippen LogP contribution in [0.25, 0.3) is 0 Å². The average molecular weight is 142 g/mol. The van der Waals surface area contributed by atoms with Crippen molar-refractivity contribution in [3.63, 3.8) is 0 Å². The van der Waals surface area contributed by atoms with Crippen LogP contribution in [0.1, 0.15) is 19.3 Å². The molecule has 2 heteroatoms. The number of fused-ring (bicyclic) bond motifs is 2. The summed E-state index contributed by atoms with van der Waals surface area (Å²) in [5.74, 6) is 2.21. The van der Waals surface area contributed by atoms with Gasteiger partial charge in [-0.05, 0) is 25.2 Å². The Labute approximate surface area is 61.4 Å². The molecule has 0 aromatic heterocycles. The lowest BCUT2D eigenvalue weighted by Gasteiger charge is -2.22. The van der Waals surface area contributed by atoms with E-state index in [1.807, 2.05) is 0 Å². The topological polar surface area (TPSA) is 47.9 Å². The van der Waals surface area contributed by atoms with Crippen LogP contribution in [-0.2, 0) is 0 Å². The van der Waals surface area contributed by atoms with Crippen molar-refractivity contribution in [3.05, 3.63) is 0 Å². The molecule has 4 N–H and O–H groups in total. The van der Waals surface area contributed by atoms with Crippen molar-refractivity contribution in [2.75, 3.05) is 6.61 Å². The molecule has 0 radical (unpaired) electrons. The van der Waals surface area contributed by atoms with E-state index in [0.29, 0.717) is 18.6 Å². The molecule has 2 fully saturated rings. The van der Waals surface area contributed by atoms with Crippen molar-refractivity contribution in [2.24, 2.45) is 17.8 Å². The highest BCUT2D eigenvalue weighted by molar-refractivity contribution is 4.95. The van der Waals surface area contributed by atoms with Gasteiger partial charge in [0.15, 0.2) is 0 Å². The zero-order chi connectivity index (χ0) is 7.14. The Hall–Kier alpha value is -0.0800. The van der Waals surface area contributed by atoms with Crippen molar-refractivity contribution >= 4 is 0 Å². The molecule has 0 heterocycles. The summed E-state index contributed by atoms with van der Waals surface area (Å²) in [7, 11) is 0. The first-order valence-electron chi connectivity index (χ1n) is 4.27. The van der Waals surface area contributed by atoms with E-state index in [1.165, 1.54) is 19.3 Å². The minimum absolute atomic E-state index is 0.370. The van der Waals surface area contributed by atoms with Crippen LogP contribution in [-0.4, -0.2) is 17.8 Å². The molecule has 2 nitrogen and oxygen atoms in total. The van der Waals surface area contributed by atoms with Gasteiger partial charge in [0.1, 0.15) is 0 Å². The first kappa shape index (κ1) is 6.62. The van der Waals surface area contributed by atoms with Crippen LogP contribution in [0.2, 0.25) is 0 Å². The average Bonchev–Trinajstić information content (AvgIpc) is 2.46. The zero-order valence-corrected chi connectivity index (χ0v) is 6.29. The van der Waals surface area contributed by atoms with Gasteiger partial charge < -0.3 is 10.8 Å². The predicted molar refractivity (Wildman–Crippen MR) is 38.1 cm³/mol. The van der Waals surface area contributed by atoms with Crippen molar-refractivity contribution in [3.8, 4) is 0 Å². The summed E-state index contributed by atoms with van der Waals surface area (Å²) in [4.78, 5) is 0. The third-order valence-corrected chi connectivity index (χ3v) is 3.49. The van der Waals surface area contributed by atoms with E-state index in [-0.39, 0.29) is 0 Å². The molecule has 0 aromatic rings. The van der Waals surface area contributed by atoms with Crippen LogP contribution in [0.5, 0.6) is 0 Å². The van der Waals surface area contributed by atoms with Gasteiger partial charge in [-0.2, -0.15) is 0 Å². The molecule has 0 saturated heterocycles. The minimum Gasteiger partial charge on any atom is -0.396 e. The number of hydrogen-bond acceptors (Lipinski definition) is 1. The van der Waals surface area contributed by atoms with Crippen LogP contribution in [0.15, 0.2) is 0 Å². The van der Waals surface area contributed by atoms with Crippen molar-refractivity contribution in [1.82, 2.24) is 0 Å². The quantitative estimate of drug-likeness (QED) is 0.516. The molecule has 2 aliphatic rings. The van der Waals surface area contributed by atoms with Crippen molar-refractivity contribution in [1.29, 1.82) is 0 Å². The Morgan fingerprint density at radius 2 is 2.00 bits per heavy atom. The van der Waals surface area contributed by atoms with Gasteiger partial charge in [-0.3, -0.25) is 0 Å². The first-order valence-corrected chi connectivity index (χ1v) is 4.27. The van der Waals surface area contributed by atoms with E-state index < -0.39 is 0 Å². The largest absolute Gasteiger partial charge is 0.396 e. The SMILES string of the molecule is [NH3+]C1C2CCC(C2)C1CO. The number of quaternary nitrogens is 1. The van der Waals surface area contributed by atoms with Crippen LogP contribution < -0.4 is 5.73 Å². The van der Waals surface area contributed by atoms with Crippen LogP contribution in [0.3, 0.4) is 0 Å². The molecule has 0 spiro atoms. The van der Waals surface area contributed by atoms with Crippen LogP contribution in [0, 0.1) is 17.8 Å². The highest BCUT2D eigenvalue weighted by Gasteiger charge is 2.47. The smallest absolute Gasteiger partial charge is 0.0925 e. The summed E-state index contributed by atoms with van der Waals surface area (Å²) >= 11 is 0. The molecule has 4 atom stereocenters. The molecule has 10 heavy (non-hydrogen) atoms. The standard InChI is InChI=1S/C8H15NO/c9-8-6-2-1-5(3-6)7(8)4-10/h5-8,10H,1-4,9H2/p+1. The third-order valence-electron chi connectivity index (χ3n) is 3.49. The molecule has 2 saturated carbocycles. The van der Waals surface area contributed by atoms with E-state index in [9.17, 15) is 0 Å². The lowest BCUT2D eigenvalue weighted by atomic mass is 9.86. The molecule has 0 aromatic carbocycles. The van der Waals surface area contributed by atoms with Gasteiger partial charge in [0.25, 0.3) is 0 Å². The summed E-state index contributed by atoms with van der Waals surface area (Å²) in [6.45, 7) is 0.370. The molecule has 4 unspecified atom stereocenters. The van der Waals surface area contributed by atoms with E-state index in [0.717, 1.165) is 11.8 Å². The lowest BCUT2D eigenvalue weighted by molar-refractivity contribution is -0.444. The number of hydrogen-bond donors (Lipinski definition) is 2. The summed E-state index contributed by atoms with van der Waals surface area (Å²) in [6.07, 6.45) is 4.07. The molecule has 2 rings (SSSR count). The van der Waals surface area contributed by atoms with Gasteiger partial charge in [-0.15, -0.1) is 0 Å². The third kappa shape index (κ3) is 0.722. The second-order valence-corrected chi connectivity index (χ2v) is 3.84. The molecular weight excluding hydrogens is 126 g/mol. The summed E-state index contributed by atoms with van der Waals surface area (Å²) in [6, 6.07) is 0.559. The second kappa shape index (κ2) is 2.21. The number of aliphatic hydroxyl groups excluding tert-OH is 1. The maximum absolute atomic E-state index is 9.02. The molecule has 2 bridgehead atoms. The Morgan fingerprint density at radius 1 is 1.30 bits per heavy atom. The predicted octanol–water partition coefficient (Wildman–Crippen LogP) is -0.365. The van der Waals surface area contributed by atoms with Gasteiger partial charge in [0, 0.05) is 11.8 Å². The van der Waals surface area contributed by atoms with Gasteiger partial charge in [0.05, 0.1) is 12.6 Å². The fourth-order valence-electron chi connectivity index (χ4n) is 2.81. The highest BCUT2D eigenvalue weighted by atomic mass is 16.3. The minimum atomic E-state index is 0.370. The van der Waals surface area contributed by atoms with Crippen molar-refractivity contribution < 1.29 is 10.8 Å². The molecule has 2 aliphatic carbocycles. The van der Waals surface area contributed by atoms with Crippen LogP contribution >= 0.6 is 0 Å². The van der Waals surface area contributed by atoms with E-state index in [4.69, 9.17) is 5.11 Å². The maximum Gasteiger partial charge on any atom is 0.0925 e. The second-order valence-electron chi connectivity index (χ2n) is 3.84. The van der Waals surface area contributed by atoms with Crippen molar-refractivity contribution in [2.45, 2.75) is 25.3 Å². The fraction of sp³-hybridized carbons (Fsp3) is 1.00. The van der Waals surface area contributed by atoms with Crippen LogP contribution in [0.4, 0.5) is 0 Å². The summed E-state index contributed by atoms with van der Waals surface area (Å²) in [5.41, 5.74) is 4.11. The van der Waals surface area contributed by atoms with Gasteiger partial charge in [0.2, 0.25) is 0 Å². The van der Waals surface area contributed by atoms with E-state index in [1.54, 1.807) is 0 Å². The molecule has 0 aliphatic heterocycles. The summed E-state index contributed by atoms with van der Waals surface area (Å²) < 4.78 is 0. The Bertz CT molecular complexity index is 135. The van der Waals surface area contributed by atoms with E-state index >= 15 is 0 Å². The Morgan fingerprint density at radius 3 is 2.40 bits per heavy atom. The normalized spacial score (nSPS) is 52.2. The highest BCUT2D eigenvalue weighted by Crippen LogP contribution is 2.46. The van der Waals surface area contributed by atoms with Gasteiger partial charge in [-0.1, -0.05) is 0 Å². The zero-order valence-electron chi connectivity index (χ0n) is 6.29.